The van der Waals surface area contributed by atoms with E-state index < -0.39 is 5.91 Å². The highest BCUT2D eigenvalue weighted by molar-refractivity contribution is 5.90. The van der Waals surface area contributed by atoms with Crippen molar-refractivity contribution < 1.29 is 9.90 Å². The first-order chi connectivity index (χ1) is 8.17. The Labute approximate surface area is 100 Å². The number of aliphatic hydroxyl groups is 1. The first-order valence-corrected chi connectivity index (χ1v) is 5.65. The van der Waals surface area contributed by atoms with Crippen molar-refractivity contribution in [1.82, 2.24) is 10.2 Å². The summed E-state index contributed by atoms with van der Waals surface area (Å²) >= 11 is 0. The lowest BCUT2D eigenvalue weighted by Gasteiger charge is -2.14. The quantitative estimate of drug-likeness (QED) is 0.638. The molecule has 0 aromatic carbocycles. The molecule has 0 aliphatic carbocycles. The summed E-state index contributed by atoms with van der Waals surface area (Å²) < 4.78 is 0. The Bertz CT molecular complexity index is 353. The van der Waals surface area contributed by atoms with E-state index in [-0.39, 0.29) is 12.3 Å². The summed E-state index contributed by atoms with van der Waals surface area (Å²) in [5.41, 5.74) is 5.21. The van der Waals surface area contributed by atoms with Crippen LogP contribution >= 0.6 is 0 Å². The smallest absolute Gasteiger partial charge is 0.269 e. The summed E-state index contributed by atoms with van der Waals surface area (Å²) in [4.78, 5) is 10.8. The Hall–Kier alpha value is -1.69. The molecule has 0 saturated heterocycles. The summed E-state index contributed by atoms with van der Waals surface area (Å²) in [7, 11) is 0. The van der Waals surface area contributed by atoms with E-state index in [9.17, 15) is 4.79 Å². The van der Waals surface area contributed by atoms with E-state index in [2.05, 4.69) is 22.4 Å². The molecular formula is C11H18N4O2. The molecule has 1 unspecified atom stereocenters. The van der Waals surface area contributed by atoms with Crippen LogP contribution in [0.15, 0.2) is 12.1 Å². The number of carbonyl (C=O) groups excluding carboxylic acids is 1. The molecule has 0 saturated carbocycles. The van der Waals surface area contributed by atoms with Crippen LogP contribution in [0.5, 0.6) is 0 Å². The highest BCUT2D eigenvalue weighted by Gasteiger charge is 2.07. The van der Waals surface area contributed by atoms with Crippen LogP contribution in [0.4, 0.5) is 5.82 Å². The van der Waals surface area contributed by atoms with E-state index in [0.717, 1.165) is 19.4 Å². The van der Waals surface area contributed by atoms with Gasteiger partial charge in [-0.3, -0.25) is 4.79 Å². The Kier molecular flexibility index (Phi) is 5.35. The molecule has 1 amide bonds. The van der Waals surface area contributed by atoms with Crippen molar-refractivity contribution in [3.63, 3.8) is 0 Å². The lowest BCUT2D eigenvalue weighted by atomic mass is 10.0. The highest BCUT2D eigenvalue weighted by Crippen LogP contribution is 2.09. The zero-order valence-corrected chi connectivity index (χ0v) is 9.89. The molecule has 6 heteroatoms. The maximum absolute atomic E-state index is 10.8. The van der Waals surface area contributed by atoms with Gasteiger partial charge in [-0.25, -0.2) is 0 Å². The fraction of sp³-hybridized carbons (Fsp3) is 0.545. The van der Waals surface area contributed by atoms with Crippen molar-refractivity contribution in [2.75, 3.05) is 18.5 Å². The second-order valence-electron chi connectivity index (χ2n) is 3.84. The molecule has 0 aliphatic rings. The molecular weight excluding hydrogens is 220 g/mol. The number of aromatic nitrogens is 2. The average Bonchev–Trinajstić information content (AvgIpc) is 2.35. The van der Waals surface area contributed by atoms with Crippen LogP contribution in [-0.4, -0.2) is 34.4 Å². The average molecular weight is 238 g/mol. The molecule has 0 fully saturated rings. The number of amides is 1. The van der Waals surface area contributed by atoms with Gasteiger partial charge in [-0.1, -0.05) is 13.3 Å². The molecule has 1 heterocycles. The lowest BCUT2D eigenvalue weighted by Crippen LogP contribution is -2.17. The summed E-state index contributed by atoms with van der Waals surface area (Å²) in [5, 5.41) is 19.5. The van der Waals surface area contributed by atoms with Crippen molar-refractivity contribution in [2.45, 2.75) is 19.8 Å². The van der Waals surface area contributed by atoms with Gasteiger partial charge in [0.2, 0.25) is 0 Å². The molecule has 94 valence electrons. The number of hydrogen-bond donors (Lipinski definition) is 3. The van der Waals surface area contributed by atoms with Crippen LogP contribution in [-0.2, 0) is 0 Å². The maximum Gasteiger partial charge on any atom is 0.269 e. The molecule has 0 radical (unpaired) electrons. The zero-order chi connectivity index (χ0) is 12.7. The van der Waals surface area contributed by atoms with Gasteiger partial charge in [0.1, 0.15) is 5.82 Å². The fourth-order valence-corrected chi connectivity index (χ4v) is 1.44. The van der Waals surface area contributed by atoms with Gasteiger partial charge in [0.15, 0.2) is 5.69 Å². The van der Waals surface area contributed by atoms with Gasteiger partial charge in [-0.2, -0.15) is 0 Å². The Morgan fingerprint density at radius 3 is 2.76 bits per heavy atom. The zero-order valence-electron chi connectivity index (χ0n) is 9.89. The second kappa shape index (κ2) is 6.80. The Morgan fingerprint density at radius 1 is 1.53 bits per heavy atom. The molecule has 1 atom stereocenters. The van der Waals surface area contributed by atoms with Crippen LogP contribution in [0, 0.1) is 5.92 Å². The number of nitrogens with two attached hydrogens (primary N) is 1. The molecule has 0 aliphatic heterocycles. The number of aliphatic hydroxyl groups excluding tert-OH is 1. The predicted molar refractivity (Wildman–Crippen MR) is 64.5 cm³/mol. The van der Waals surface area contributed by atoms with E-state index in [1.54, 1.807) is 6.07 Å². The van der Waals surface area contributed by atoms with Crippen LogP contribution in [0.2, 0.25) is 0 Å². The van der Waals surface area contributed by atoms with Crippen LogP contribution in [0.3, 0.4) is 0 Å². The normalized spacial score (nSPS) is 12.1. The highest BCUT2D eigenvalue weighted by atomic mass is 16.3. The van der Waals surface area contributed by atoms with Crippen molar-refractivity contribution >= 4 is 11.7 Å². The summed E-state index contributed by atoms with van der Waals surface area (Å²) in [6, 6.07) is 3.20. The van der Waals surface area contributed by atoms with Crippen molar-refractivity contribution in [2.24, 2.45) is 11.7 Å². The number of primary amides is 1. The van der Waals surface area contributed by atoms with Crippen molar-refractivity contribution in [3.05, 3.63) is 17.8 Å². The minimum absolute atomic E-state index is 0.151. The summed E-state index contributed by atoms with van der Waals surface area (Å²) in [6.45, 7) is 2.98. The van der Waals surface area contributed by atoms with Crippen LogP contribution in [0.25, 0.3) is 0 Å². The van der Waals surface area contributed by atoms with E-state index in [1.807, 2.05) is 0 Å². The molecule has 0 bridgehead atoms. The van der Waals surface area contributed by atoms with Gasteiger partial charge >= 0.3 is 0 Å². The topological polar surface area (TPSA) is 101 Å². The van der Waals surface area contributed by atoms with Crippen molar-refractivity contribution in [1.29, 1.82) is 0 Å². The molecule has 1 aromatic rings. The van der Waals surface area contributed by atoms with Crippen molar-refractivity contribution in [3.8, 4) is 0 Å². The lowest BCUT2D eigenvalue weighted by molar-refractivity contribution is 0.0994. The number of hydrogen-bond acceptors (Lipinski definition) is 5. The largest absolute Gasteiger partial charge is 0.396 e. The number of carbonyl (C=O) groups is 1. The first-order valence-electron chi connectivity index (χ1n) is 5.65. The first kappa shape index (κ1) is 13.4. The van der Waals surface area contributed by atoms with Gasteiger partial charge in [0.25, 0.3) is 5.91 Å². The molecule has 1 rings (SSSR count). The van der Waals surface area contributed by atoms with Gasteiger partial charge in [0.05, 0.1) is 0 Å². The fourth-order valence-electron chi connectivity index (χ4n) is 1.44. The van der Waals surface area contributed by atoms with Gasteiger partial charge in [-0.05, 0) is 24.5 Å². The van der Waals surface area contributed by atoms with E-state index >= 15 is 0 Å². The molecule has 4 N–H and O–H groups in total. The molecule has 0 spiro atoms. The standard InChI is InChI=1S/C11H18N4O2/c1-2-8(5-6-16)7-13-10-4-3-9(11(12)17)14-15-10/h3-4,8,16H,2,5-7H2,1H3,(H2,12,17)(H,13,15). The third-order valence-electron chi connectivity index (χ3n) is 2.60. The minimum Gasteiger partial charge on any atom is -0.396 e. The predicted octanol–water partition coefficient (Wildman–Crippen LogP) is 0.396. The Balaban J connectivity index is 2.48. The van der Waals surface area contributed by atoms with E-state index in [0.29, 0.717) is 11.7 Å². The SMILES string of the molecule is CCC(CCO)CNc1ccc(C(N)=O)nn1. The third-order valence-corrected chi connectivity index (χ3v) is 2.60. The van der Waals surface area contributed by atoms with Gasteiger partial charge < -0.3 is 16.2 Å². The van der Waals surface area contributed by atoms with E-state index in [1.165, 1.54) is 6.07 Å². The van der Waals surface area contributed by atoms with Crippen LogP contribution in [0.1, 0.15) is 30.3 Å². The number of nitrogens with one attached hydrogen (secondary N) is 1. The summed E-state index contributed by atoms with van der Waals surface area (Å²) in [6.07, 6.45) is 1.75. The number of rotatable bonds is 7. The maximum atomic E-state index is 10.8. The van der Waals surface area contributed by atoms with Gasteiger partial charge in [0, 0.05) is 13.2 Å². The third kappa shape index (κ3) is 4.36. The van der Waals surface area contributed by atoms with Gasteiger partial charge in [-0.15, -0.1) is 10.2 Å². The molecule has 1 aromatic heterocycles. The van der Waals surface area contributed by atoms with Crippen LogP contribution < -0.4 is 11.1 Å². The molecule has 17 heavy (non-hydrogen) atoms. The number of nitrogens with zero attached hydrogens (tertiary/aromatic N) is 2. The molecule has 6 nitrogen and oxygen atoms in total. The monoisotopic (exact) mass is 238 g/mol. The minimum atomic E-state index is -0.587. The number of anilines is 1. The summed E-state index contributed by atoms with van der Waals surface area (Å²) in [5.74, 6) is 0.416. The van der Waals surface area contributed by atoms with E-state index in [4.69, 9.17) is 10.8 Å². The second-order valence-corrected chi connectivity index (χ2v) is 3.84. The Morgan fingerprint density at radius 2 is 2.29 bits per heavy atom.